The summed E-state index contributed by atoms with van der Waals surface area (Å²) < 4.78 is 5.07. The first-order chi connectivity index (χ1) is 8.79. The van der Waals surface area contributed by atoms with E-state index in [-0.39, 0.29) is 0 Å². The quantitative estimate of drug-likeness (QED) is 0.714. The van der Waals surface area contributed by atoms with E-state index in [2.05, 4.69) is 60.9 Å². The van der Waals surface area contributed by atoms with Gasteiger partial charge in [-0.3, -0.25) is 4.40 Å². The maximum Gasteiger partial charge on any atom is 0.196 e. The summed E-state index contributed by atoms with van der Waals surface area (Å²) in [5, 5.41) is 9.74. The van der Waals surface area contributed by atoms with Crippen molar-refractivity contribution in [1.82, 2.24) is 24.5 Å². The third-order valence-electron chi connectivity index (χ3n) is 2.65. The van der Waals surface area contributed by atoms with Crippen LogP contribution in [0.2, 0.25) is 0 Å². The van der Waals surface area contributed by atoms with Crippen LogP contribution in [0.15, 0.2) is 24.0 Å². The lowest BCUT2D eigenvalue weighted by Crippen LogP contribution is -2.15. The highest BCUT2D eigenvalue weighted by Crippen LogP contribution is 2.20. The molecule has 0 bridgehead atoms. The summed E-state index contributed by atoms with van der Waals surface area (Å²) in [6.45, 7) is 3.83. The molecule has 7 heteroatoms. The Bertz CT molecular complexity index is 668. The molecular formula is C11H12IN5S. The number of hydrogen-bond acceptors (Lipinski definition) is 4. The van der Waals surface area contributed by atoms with E-state index in [0.29, 0.717) is 0 Å². The molecule has 0 atom stereocenters. The van der Waals surface area contributed by atoms with Crippen molar-refractivity contribution in [3.05, 3.63) is 33.2 Å². The summed E-state index contributed by atoms with van der Waals surface area (Å²) in [5.74, 6) is 0.908. The smallest absolute Gasteiger partial charge is 0.196 e. The van der Waals surface area contributed by atoms with Gasteiger partial charge in [-0.15, -0.1) is 11.3 Å². The standard InChI is InChI=1S/C11H12IN5S/c1-2-13-6-9-10(17-7-8(12)5-14-17)15-11-16(9)3-4-18-11/h3-5,7,13H,2,6H2,1H3. The predicted octanol–water partition coefficient (Wildman–Crippen LogP) is 2.30. The molecule has 0 spiro atoms. The van der Waals surface area contributed by atoms with Crippen LogP contribution >= 0.6 is 33.9 Å². The van der Waals surface area contributed by atoms with Gasteiger partial charge in [-0.2, -0.15) is 10.1 Å². The van der Waals surface area contributed by atoms with Crippen LogP contribution in [0, 0.1) is 3.57 Å². The fraction of sp³-hybridized carbons (Fsp3) is 0.273. The van der Waals surface area contributed by atoms with E-state index in [4.69, 9.17) is 0 Å². The topological polar surface area (TPSA) is 47.2 Å². The number of rotatable bonds is 4. The van der Waals surface area contributed by atoms with Crippen LogP contribution in [0.3, 0.4) is 0 Å². The van der Waals surface area contributed by atoms with E-state index in [1.54, 1.807) is 11.3 Å². The number of thiazole rings is 1. The van der Waals surface area contributed by atoms with E-state index >= 15 is 0 Å². The van der Waals surface area contributed by atoms with E-state index < -0.39 is 0 Å². The zero-order valence-electron chi connectivity index (χ0n) is 9.80. The lowest BCUT2D eigenvalue weighted by atomic mass is 10.4. The SMILES string of the molecule is CCNCc1c(-n2cc(I)cn2)nc2sccn12. The van der Waals surface area contributed by atoms with Crippen molar-refractivity contribution in [3.8, 4) is 5.82 Å². The van der Waals surface area contributed by atoms with Gasteiger partial charge in [0.15, 0.2) is 10.8 Å². The van der Waals surface area contributed by atoms with E-state index in [1.807, 2.05) is 17.1 Å². The van der Waals surface area contributed by atoms with Crippen LogP contribution in [0.1, 0.15) is 12.6 Å². The Kier molecular flexibility index (Phi) is 3.35. The zero-order chi connectivity index (χ0) is 12.5. The van der Waals surface area contributed by atoms with Gasteiger partial charge >= 0.3 is 0 Å². The summed E-state index contributed by atoms with van der Waals surface area (Å²) in [5.41, 5.74) is 1.15. The molecule has 0 saturated heterocycles. The molecule has 18 heavy (non-hydrogen) atoms. The van der Waals surface area contributed by atoms with Gasteiger partial charge in [0.25, 0.3) is 0 Å². The van der Waals surface area contributed by atoms with E-state index in [1.165, 1.54) is 0 Å². The third kappa shape index (κ3) is 2.06. The van der Waals surface area contributed by atoms with Crippen molar-refractivity contribution in [1.29, 1.82) is 0 Å². The second-order valence-electron chi connectivity index (χ2n) is 3.82. The minimum Gasteiger partial charge on any atom is -0.311 e. The van der Waals surface area contributed by atoms with E-state index in [9.17, 15) is 0 Å². The van der Waals surface area contributed by atoms with Gasteiger partial charge in [0.05, 0.1) is 15.5 Å². The molecule has 0 saturated carbocycles. The fourth-order valence-electron chi connectivity index (χ4n) is 1.83. The molecule has 3 aromatic rings. The van der Waals surface area contributed by atoms with Crippen molar-refractivity contribution < 1.29 is 0 Å². The highest BCUT2D eigenvalue weighted by molar-refractivity contribution is 14.1. The Morgan fingerprint density at radius 1 is 1.50 bits per heavy atom. The summed E-state index contributed by atoms with van der Waals surface area (Å²) in [6, 6.07) is 0. The van der Waals surface area contributed by atoms with Crippen LogP contribution in [0.4, 0.5) is 0 Å². The maximum atomic E-state index is 4.65. The highest BCUT2D eigenvalue weighted by Gasteiger charge is 2.14. The number of nitrogens with zero attached hydrogens (tertiary/aromatic N) is 4. The second kappa shape index (κ2) is 4.98. The molecule has 94 valence electrons. The first kappa shape index (κ1) is 12.1. The number of halogens is 1. The minimum atomic E-state index is 0.792. The van der Waals surface area contributed by atoms with Gasteiger partial charge in [-0.25, -0.2) is 4.68 Å². The van der Waals surface area contributed by atoms with Gasteiger partial charge in [-0.05, 0) is 29.1 Å². The molecule has 0 unspecified atom stereocenters. The summed E-state index contributed by atoms with van der Waals surface area (Å²) in [6.07, 6.45) is 5.88. The Labute approximate surface area is 122 Å². The molecular weight excluding hydrogens is 361 g/mol. The van der Waals surface area contributed by atoms with Crippen molar-refractivity contribution >= 4 is 38.9 Å². The number of imidazole rings is 1. The molecule has 0 aliphatic rings. The third-order valence-corrected chi connectivity index (χ3v) is 3.96. The number of nitrogens with one attached hydrogen (secondary N) is 1. The van der Waals surface area contributed by atoms with Gasteiger partial charge in [0, 0.05) is 24.3 Å². The Hall–Kier alpha value is -0.930. The fourth-order valence-corrected chi connectivity index (χ4v) is 2.95. The lowest BCUT2D eigenvalue weighted by Gasteiger charge is -2.04. The average Bonchev–Trinajstić information content (AvgIpc) is 3.01. The predicted molar refractivity (Wildman–Crippen MR) is 80.3 cm³/mol. The highest BCUT2D eigenvalue weighted by atomic mass is 127. The number of aromatic nitrogens is 4. The molecule has 3 rings (SSSR count). The van der Waals surface area contributed by atoms with Gasteiger partial charge in [-0.1, -0.05) is 6.92 Å². The molecule has 5 nitrogen and oxygen atoms in total. The molecule has 1 N–H and O–H groups in total. The second-order valence-corrected chi connectivity index (χ2v) is 5.94. The van der Waals surface area contributed by atoms with Crippen LogP contribution < -0.4 is 5.32 Å². The van der Waals surface area contributed by atoms with Crippen LogP contribution in [0.5, 0.6) is 0 Å². The summed E-state index contributed by atoms with van der Waals surface area (Å²) >= 11 is 3.89. The van der Waals surface area contributed by atoms with Crippen molar-refractivity contribution in [3.63, 3.8) is 0 Å². The van der Waals surface area contributed by atoms with Crippen LogP contribution in [0.25, 0.3) is 10.8 Å². The van der Waals surface area contributed by atoms with Gasteiger partial charge in [0.2, 0.25) is 0 Å². The molecule has 0 aromatic carbocycles. The Balaban J connectivity index is 2.12. The number of hydrogen-bond donors (Lipinski definition) is 1. The normalized spacial score (nSPS) is 11.4. The molecule has 0 aliphatic carbocycles. The molecule has 0 radical (unpaired) electrons. The van der Waals surface area contributed by atoms with E-state index in [0.717, 1.165) is 33.1 Å². The summed E-state index contributed by atoms with van der Waals surface area (Å²) in [7, 11) is 0. The molecule has 3 aromatic heterocycles. The average molecular weight is 373 g/mol. The van der Waals surface area contributed by atoms with Crippen molar-refractivity contribution in [2.45, 2.75) is 13.5 Å². The molecule has 0 amide bonds. The molecule has 3 heterocycles. The van der Waals surface area contributed by atoms with Crippen molar-refractivity contribution in [2.75, 3.05) is 6.54 Å². The maximum absolute atomic E-state index is 4.65. The first-order valence-corrected chi connectivity index (χ1v) is 7.61. The molecule has 0 fully saturated rings. The van der Waals surface area contributed by atoms with Crippen LogP contribution in [-0.4, -0.2) is 25.7 Å². The number of fused-ring (bicyclic) bond motifs is 1. The van der Waals surface area contributed by atoms with Crippen molar-refractivity contribution in [2.24, 2.45) is 0 Å². The zero-order valence-corrected chi connectivity index (χ0v) is 12.8. The largest absolute Gasteiger partial charge is 0.311 e. The van der Waals surface area contributed by atoms with Crippen LogP contribution in [-0.2, 0) is 6.54 Å². The Morgan fingerprint density at radius 2 is 2.39 bits per heavy atom. The monoisotopic (exact) mass is 373 g/mol. The Morgan fingerprint density at radius 3 is 3.11 bits per heavy atom. The van der Waals surface area contributed by atoms with Gasteiger partial charge in [0.1, 0.15) is 0 Å². The minimum absolute atomic E-state index is 0.792. The molecule has 0 aliphatic heterocycles. The first-order valence-electron chi connectivity index (χ1n) is 5.65. The summed E-state index contributed by atoms with van der Waals surface area (Å²) in [4.78, 5) is 5.65. The lowest BCUT2D eigenvalue weighted by molar-refractivity contribution is 0.695. The van der Waals surface area contributed by atoms with Gasteiger partial charge < -0.3 is 5.32 Å².